The number of fused-ring (bicyclic) bond motifs is 4. The van der Waals surface area contributed by atoms with E-state index in [1.165, 1.54) is 12.1 Å². The first kappa shape index (κ1) is 105. The van der Waals surface area contributed by atoms with Crippen molar-refractivity contribution in [2.24, 2.45) is 0 Å². The van der Waals surface area contributed by atoms with Crippen LogP contribution in [0.3, 0.4) is 0 Å². The fourth-order valence-corrected chi connectivity index (χ4v) is 12.6. The van der Waals surface area contributed by atoms with Crippen LogP contribution in [0.1, 0.15) is 116 Å². The van der Waals surface area contributed by atoms with Gasteiger partial charge in [-0.1, -0.05) is 91.0 Å². The molecule has 664 valence electrons. The largest absolute Gasteiger partial charge is 1.00 e. The number of aliphatic carboxylic acids is 1. The smallest absolute Gasteiger partial charge is 0.867 e. The van der Waals surface area contributed by atoms with Crippen LogP contribution in [0.4, 0.5) is 20.7 Å². The Labute approximate surface area is 801 Å². The molecule has 0 spiro atoms. The number of alkyl halides is 1. The van der Waals surface area contributed by atoms with E-state index in [0.717, 1.165) is 57.8 Å². The molecule has 0 fully saturated rings. The second kappa shape index (κ2) is 51.2. The number of nitrogens with one attached hydrogen (secondary N) is 2. The molecule has 6 N–H and O–H groups in total. The molecule has 0 saturated carbocycles. The van der Waals surface area contributed by atoms with Gasteiger partial charge in [0.2, 0.25) is 5.56 Å². The molecule has 5 aromatic carbocycles. The minimum Gasteiger partial charge on any atom is -0.867 e. The molecule has 1 amide bonds. The van der Waals surface area contributed by atoms with Crippen LogP contribution in [0.15, 0.2) is 212 Å². The summed E-state index contributed by atoms with van der Waals surface area (Å²) in [6.07, 6.45) is 0.0559. The number of carbonyl (C=O) groups excluding carboxylic acids is 5. The maximum absolute atomic E-state index is 12.2. The predicted molar refractivity (Wildman–Crippen MR) is 498 cm³/mol. The molecule has 0 unspecified atom stereocenters. The monoisotopic (exact) mass is 2150 g/mol. The molecule has 14 rings (SSSR count). The number of H-pyrrole nitrogens is 1. The number of nitrogens with two attached hydrogens (primary N) is 1. The molecular weight excluding hydrogens is 2070 g/mol. The van der Waals surface area contributed by atoms with Gasteiger partial charge < -0.3 is 49.7 Å². The predicted octanol–water partition coefficient (Wildman–Crippen LogP) is 16.0. The quantitative estimate of drug-likeness (QED) is 0.0121. The number of pyridine rings is 4. The number of aromatic amines is 1. The van der Waals surface area contributed by atoms with Gasteiger partial charge in [0.25, 0.3) is 9.22 Å². The average molecular weight is 2160 g/mol. The summed E-state index contributed by atoms with van der Waals surface area (Å²) in [5.41, 5.74) is 16.8. The van der Waals surface area contributed by atoms with Crippen molar-refractivity contribution < 1.29 is 112 Å². The number of anilines is 2. The SMILES string of the molecule is CC(=O)O.CCOC(=O)/C=C(\[O-])C(=O)OCC.CCOC(=O)c1cc(=O)[nH]c2c1c(C)nn2-c1ccccc1.CCOC(=O)c1cc(Br)nc2c1c(C)nn2-c1ccccc1.Cc1cc(N)n(-c2ccccc2)n1.Cc1nn(-c2ccccc2)c2nc(Br)cc(C(=O)O)c12.Cc1nn(-c2ccccc2)c2nc(Br)cc(NC(=O)OC(C)(C)C)c12.O=P(Br)(Br)Br.[2H]CF.[Na+]. The Morgan fingerprint density at radius 1 is 0.535 bits per heavy atom. The molecule has 127 heavy (non-hydrogen) atoms. The number of halogens is 7. The first-order valence-electron chi connectivity index (χ1n) is 38.2. The number of carboxylic acids is 2. The minimum atomic E-state index is -2.20. The van der Waals surface area contributed by atoms with Crippen molar-refractivity contribution in [2.75, 3.05) is 44.6 Å². The zero-order valence-electron chi connectivity index (χ0n) is 71.9. The van der Waals surface area contributed by atoms with Gasteiger partial charge in [-0.05, 0) is 215 Å². The van der Waals surface area contributed by atoms with Crippen molar-refractivity contribution >= 4 is 195 Å². The van der Waals surface area contributed by atoms with Gasteiger partial charge in [0, 0.05) is 71.6 Å². The molecule has 33 nitrogen and oxygen atoms in total. The van der Waals surface area contributed by atoms with Crippen LogP contribution in [-0.2, 0) is 42.6 Å². The zero-order valence-corrected chi connectivity index (χ0v) is 83.3. The number of nitrogens with zero attached hydrogens (tertiary/aromatic N) is 13. The van der Waals surface area contributed by atoms with E-state index in [1.807, 2.05) is 199 Å². The standard InChI is InChI=1S/C18H19BrN4O2.C16H14BrN3O2.C16H15N3O3.C14H10BrN3O2.C10H11N3.C8H12O5.C2H4O2.CH3F.Br3OP.Na/c1-11-15-13(20-17(24)25-18(2,3)4)10-14(19)21-16(15)23(22-11)12-8-6-5-7-9-12;1-3-22-16(21)12-9-13(17)18-15-14(12)10(2)19-20(15)11-7-5-4-6-8-11;1-3-22-16(21)12-9-13(20)17-15-14(12)10(2)18-19(15)11-7-5-4-6-8-11;1-8-12-10(14(19)20)7-11(15)16-13(12)18(17-8)9-5-3-2-4-6-9;1-8-7-10(11)13(12-8)9-5-3-2-4-6-9;1-3-12-7(10)5-6(9)8(11)13-4-2;1-2(3)4;1-2;1-5(2,3)4;/h5-10H,1-4H3,(H,20,21,24);4-9H,3H2,1-2H3;4-9H,3H2,1-2H3,(H,17,20);2-7H,1H3,(H,19,20);2-7H,11H2,1H3;5,9H,3-4H2,1-2H3;1H3,(H,3,4);1H3;;/q;;;;;;;;;+1/p-1/b;;;;;6-5-;;;;/i;;;;;;;1D;;. The fourth-order valence-electron chi connectivity index (χ4n) is 11.4. The molecule has 42 heteroatoms. The Balaban J connectivity index is 0.000000268. The Morgan fingerprint density at radius 2 is 0.866 bits per heavy atom. The Hall–Kier alpha value is -10.9. The molecule has 0 atom stereocenters. The number of aryl methyl sites for hydroxylation is 5. The molecule has 9 heterocycles. The van der Waals surface area contributed by atoms with Crippen LogP contribution in [0, 0.1) is 34.6 Å². The molecule has 9 aromatic heterocycles. The number of hydrogen-bond donors (Lipinski definition) is 5. The van der Waals surface area contributed by atoms with Crippen LogP contribution in [-0.4, -0.2) is 160 Å². The molecule has 0 aliphatic heterocycles. The topological polar surface area (TPSA) is 445 Å². The van der Waals surface area contributed by atoms with Crippen LogP contribution >= 0.6 is 97.5 Å². The van der Waals surface area contributed by atoms with E-state index in [9.17, 15) is 52.7 Å². The van der Waals surface area contributed by atoms with Gasteiger partial charge in [-0.25, -0.2) is 67.1 Å². The maximum atomic E-state index is 12.2. The van der Waals surface area contributed by atoms with Crippen LogP contribution in [0.2, 0.25) is 0 Å². The van der Waals surface area contributed by atoms with Crippen molar-refractivity contribution in [2.45, 2.75) is 95.6 Å². The summed E-state index contributed by atoms with van der Waals surface area (Å²) in [6, 6.07) is 56.2. The molecular formula is C85H87Br6FN16NaO17P. The van der Waals surface area contributed by atoms with Gasteiger partial charge in [0.05, 0.1) is 136 Å². The van der Waals surface area contributed by atoms with E-state index >= 15 is 0 Å². The Kier molecular flexibility index (Phi) is 42.2. The van der Waals surface area contributed by atoms with Crippen molar-refractivity contribution in [1.82, 2.24) is 68.8 Å². The van der Waals surface area contributed by atoms with Gasteiger partial charge in [-0.15, -0.1) is 0 Å². The van der Waals surface area contributed by atoms with Crippen molar-refractivity contribution in [3.05, 3.63) is 263 Å². The van der Waals surface area contributed by atoms with Crippen LogP contribution in [0.25, 0.3) is 72.6 Å². The van der Waals surface area contributed by atoms with Crippen molar-refractivity contribution in [3.63, 3.8) is 0 Å². The van der Waals surface area contributed by atoms with Gasteiger partial charge in [-0.2, -0.15) is 25.5 Å². The number of nitrogen functional groups attached to an aromatic ring is 1. The molecule has 0 bridgehead atoms. The fraction of sp³-hybridized carbons (Fsp3) is 0.224. The first-order chi connectivity index (χ1) is 60.1. The van der Waals surface area contributed by atoms with E-state index in [-0.39, 0.29) is 72.0 Å². The van der Waals surface area contributed by atoms with E-state index in [0.29, 0.717) is 93.7 Å². The summed E-state index contributed by atoms with van der Waals surface area (Å²) in [6.45, 7) is 23.3. The zero-order chi connectivity index (χ0) is 94.2. The average Bonchev–Trinajstić information content (AvgIpc) is 1.61. The number of hydrogen-bond acceptors (Lipinski definition) is 24. The summed E-state index contributed by atoms with van der Waals surface area (Å²) in [7, 11) is -1.00. The van der Waals surface area contributed by atoms with Crippen LogP contribution < -0.4 is 51.3 Å². The molecule has 0 saturated heterocycles. The second-order valence-corrected chi connectivity index (χ2v) is 47.2. The Morgan fingerprint density at radius 3 is 1.24 bits per heavy atom. The van der Waals surface area contributed by atoms with E-state index in [4.69, 9.17) is 31.2 Å². The first-order valence-corrected chi connectivity index (χ1v) is 47.7. The van der Waals surface area contributed by atoms with Crippen molar-refractivity contribution in [3.8, 4) is 28.4 Å². The number of esters is 4. The maximum Gasteiger partial charge on any atom is 1.00 e. The number of aromatic carboxylic acids is 1. The van der Waals surface area contributed by atoms with E-state index in [2.05, 4.69) is 154 Å². The van der Waals surface area contributed by atoms with Gasteiger partial charge >= 0.3 is 65.5 Å². The summed E-state index contributed by atoms with van der Waals surface area (Å²) in [5.74, 6) is -4.92. The third-order valence-electron chi connectivity index (χ3n) is 15.9. The number of para-hydroxylation sites is 5. The minimum absolute atomic E-state index is 0. The third-order valence-corrected chi connectivity index (χ3v) is 17.1. The van der Waals surface area contributed by atoms with Crippen molar-refractivity contribution in [1.29, 1.82) is 0 Å². The number of ether oxygens (including phenoxy) is 5. The normalized spacial score (nSPS) is 10.7. The van der Waals surface area contributed by atoms with E-state index in [1.54, 1.807) is 77.1 Å². The number of carbonyl (C=O) groups is 7. The molecule has 14 aromatic rings. The number of carboxylic acid groups (broad SMARTS) is 2. The second-order valence-electron chi connectivity index (χ2n) is 26.4. The van der Waals surface area contributed by atoms with Gasteiger partial charge in [0.1, 0.15) is 30.9 Å². The summed E-state index contributed by atoms with van der Waals surface area (Å²) >= 11 is 18.3. The van der Waals surface area contributed by atoms with E-state index < -0.39 is 57.7 Å². The van der Waals surface area contributed by atoms with Crippen LogP contribution in [0.5, 0.6) is 0 Å². The number of amides is 1. The number of rotatable bonds is 15. The van der Waals surface area contributed by atoms with Gasteiger partial charge in [-0.3, -0.25) is 23.9 Å². The number of aromatic nitrogens is 14. The number of benzene rings is 5. The summed E-state index contributed by atoms with van der Waals surface area (Å²) in [4.78, 5) is 106. The third kappa shape index (κ3) is 32.1. The summed E-state index contributed by atoms with van der Waals surface area (Å²) in [5, 5.41) is 55.2. The summed E-state index contributed by atoms with van der Waals surface area (Å²) < 4.78 is 57.7. The molecule has 0 radical (unpaired) electrons. The molecule has 0 aliphatic carbocycles. The van der Waals surface area contributed by atoms with Gasteiger partial charge in [0.15, 0.2) is 16.9 Å². The Bertz CT molecular complexity index is 6270. The molecule has 0 aliphatic rings.